The SMILES string of the molecule is CCC(C)=C(/C=C\c1c(C)[nH]c(CC)c1NC(=O)c1ccccc1)Nc1ccccc1F. The van der Waals surface area contributed by atoms with E-state index in [0.717, 1.165) is 46.8 Å². The van der Waals surface area contributed by atoms with Crippen molar-refractivity contribution in [1.29, 1.82) is 0 Å². The third-order valence-electron chi connectivity index (χ3n) is 5.49. The molecular weight excluding hydrogens is 401 g/mol. The van der Waals surface area contributed by atoms with E-state index in [-0.39, 0.29) is 11.7 Å². The highest BCUT2D eigenvalue weighted by molar-refractivity contribution is 6.05. The van der Waals surface area contributed by atoms with Crippen molar-refractivity contribution < 1.29 is 9.18 Å². The highest BCUT2D eigenvalue weighted by Gasteiger charge is 2.16. The molecule has 0 unspecified atom stereocenters. The molecule has 3 N–H and O–H groups in total. The molecule has 0 saturated heterocycles. The van der Waals surface area contributed by atoms with Gasteiger partial charge in [-0.3, -0.25) is 4.79 Å². The fraction of sp³-hybridized carbons (Fsp3) is 0.222. The normalized spacial score (nSPS) is 12.0. The van der Waals surface area contributed by atoms with Crippen LogP contribution in [0.2, 0.25) is 0 Å². The van der Waals surface area contributed by atoms with Crippen LogP contribution in [0.15, 0.2) is 71.9 Å². The number of hydrogen-bond donors (Lipinski definition) is 3. The first-order valence-corrected chi connectivity index (χ1v) is 10.9. The van der Waals surface area contributed by atoms with Crippen molar-refractivity contribution in [3.05, 3.63) is 100 Å². The number of aromatic nitrogens is 1. The van der Waals surface area contributed by atoms with Crippen LogP contribution in [-0.4, -0.2) is 10.9 Å². The van der Waals surface area contributed by atoms with Crippen molar-refractivity contribution in [2.75, 3.05) is 10.6 Å². The molecule has 166 valence electrons. The molecule has 32 heavy (non-hydrogen) atoms. The molecule has 1 heterocycles. The Hall–Kier alpha value is -3.60. The number of amides is 1. The summed E-state index contributed by atoms with van der Waals surface area (Å²) in [6.07, 6.45) is 5.49. The van der Waals surface area contributed by atoms with E-state index in [2.05, 4.69) is 22.5 Å². The number of benzene rings is 2. The van der Waals surface area contributed by atoms with Crippen LogP contribution in [0, 0.1) is 12.7 Å². The van der Waals surface area contributed by atoms with Gasteiger partial charge in [0.25, 0.3) is 5.91 Å². The van der Waals surface area contributed by atoms with E-state index in [1.165, 1.54) is 6.07 Å². The molecule has 0 spiro atoms. The van der Waals surface area contributed by atoms with Crippen molar-refractivity contribution in [3.63, 3.8) is 0 Å². The molecule has 3 rings (SSSR count). The van der Waals surface area contributed by atoms with Gasteiger partial charge in [-0.05, 0) is 63.1 Å². The van der Waals surface area contributed by atoms with E-state index in [1.807, 2.05) is 51.1 Å². The van der Waals surface area contributed by atoms with Gasteiger partial charge < -0.3 is 15.6 Å². The second-order valence-corrected chi connectivity index (χ2v) is 7.68. The third kappa shape index (κ3) is 5.35. The number of hydrogen-bond acceptors (Lipinski definition) is 2. The van der Waals surface area contributed by atoms with Gasteiger partial charge in [-0.15, -0.1) is 0 Å². The molecule has 1 aromatic heterocycles. The van der Waals surface area contributed by atoms with Crippen molar-refractivity contribution in [2.24, 2.45) is 0 Å². The quantitative estimate of drug-likeness (QED) is 0.334. The van der Waals surface area contributed by atoms with Crippen molar-refractivity contribution >= 4 is 23.4 Å². The topological polar surface area (TPSA) is 56.9 Å². The molecule has 2 aromatic carbocycles. The summed E-state index contributed by atoms with van der Waals surface area (Å²) in [5.41, 5.74) is 6.56. The van der Waals surface area contributed by atoms with Gasteiger partial charge >= 0.3 is 0 Å². The van der Waals surface area contributed by atoms with Gasteiger partial charge in [0.2, 0.25) is 0 Å². The lowest BCUT2D eigenvalue weighted by Gasteiger charge is -2.12. The fourth-order valence-electron chi connectivity index (χ4n) is 3.45. The first-order chi connectivity index (χ1) is 15.4. The maximum atomic E-state index is 14.2. The molecular formula is C27H30FN3O. The number of carbonyl (C=O) groups is 1. The van der Waals surface area contributed by atoms with Crippen molar-refractivity contribution in [2.45, 2.75) is 40.5 Å². The smallest absolute Gasteiger partial charge is 0.255 e. The summed E-state index contributed by atoms with van der Waals surface area (Å²) in [6, 6.07) is 15.8. The predicted octanol–water partition coefficient (Wildman–Crippen LogP) is 7.09. The van der Waals surface area contributed by atoms with Gasteiger partial charge in [-0.25, -0.2) is 4.39 Å². The van der Waals surface area contributed by atoms with Crippen LogP contribution in [0.25, 0.3) is 6.08 Å². The van der Waals surface area contributed by atoms with Gasteiger partial charge in [0.1, 0.15) is 5.82 Å². The average molecular weight is 432 g/mol. The summed E-state index contributed by atoms with van der Waals surface area (Å²) in [4.78, 5) is 16.2. The largest absolute Gasteiger partial charge is 0.360 e. The van der Waals surface area contributed by atoms with Gasteiger partial charge in [0.15, 0.2) is 0 Å². The Labute approximate surface area is 189 Å². The maximum absolute atomic E-state index is 14.2. The molecule has 4 nitrogen and oxygen atoms in total. The number of aryl methyl sites for hydroxylation is 2. The lowest BCUT2D eigenvalue weighted by atomic mass is 10.1. The Morgan fingerprint density at radius 3 is 2.38 bits per heavy atom. The van der Waals surface area contributed by atoms with E-state index in [9.17, 15) is 9.18 Å². The number of rotatable bonds is 8. The number of H-pyrrole nitrogens is 1. The van der Waals surface area contributed by atoms with E-state index in [4.69, 9.17) is 0 Å². The highest BCUT2D eigenvalue weighted by atomic mass is 19.1. The van der Waals surface area contributed by atoms with Crippen molar-refractivity contribution in [1.82, 2.24) is 4.98 Å². The molecule has 0 aliphatic heterocycles. The van der Waals surface area contributed by atoms with Crippen molar-refractivity contribution in [3.8, 4) is 0 Å². The zero-order valence-corrected chi connectivity index (χ0v) is 19.1. The van der Waals surface area contributed by atoms with E-state index >= 15 is 0 Å². The minimum Gasteiger partial charge on any atom is -0.360 e. The van der Waals surface area contributed by atoms with Crippen LogP contribution in [0.4, 0.5) is 15.8 Å². The maximum Gasteiger partial charge on any atom is 0.255 e. The van der Waals surface area contributed by atoms with Gasteiger partial charge in [0.05, 0.1) is 11.4 Å². The third-order valence-corrected chi connectivity index (χ3v) is 5.49. The van der Waals surface area contributed by atoms with Crippen LogP contribution < -0.4 is 10.6 Å². The first-order valence-electron chi connectivity index (χ1n) is 10.9. The molecule has 0 radical (unpaired) electrons. The fourth-order valence-corrected chi connectivity index (χ4v) is 3.45. The predicted molar refractivity (Wildman–Crippen MR) is 131 cm³/mol. The molecule has 3 aromatic rings. The summed E-state index contributed by atoms with van der Waals surface area (Å²) >= 11 is 0. The van der Waals surface area contributed by atoms with Crippen LogP contribution in [0.1, 0.15) is 54.5 Å². The Morgan fingerprint density at radius 1 is 1.03 bits per heavy atom. The van der Waals surface area contributed by atoms with E-state index in [1.54, 1.807) is 30.3 Å². The summed E-state index contributed by atoms with van der Waals surface area (Å²) in [7, 11) is 0. The van der Waals surface area contributed by atoms with Crippen LogP contribution >= 0.6 is 0 Å². The standard InChI is InChI=1S/C27H30FN3O/c1-5-18(3)24(30-25-15-11-10-14-22(25)28)17-16-21-19(4)29-23(6-2)26(21)31-27(32)20-12-8-7-9-13-20/h7-17,29-30H,5-6H2,1-4H3,(H,31,32)/b17-16-,24-18?. The summed E-state index contributed by atoms with van der Waals surface area (Å²) in [5, 5.41) is 6.29. The number of aromatic amines is 1. The molecule has 1 amide bonds. The van der Waals surface area contributed by atoms with Crippen LogP contribution in [0.5, 0.6) is 0 Å². The number of para-hydroxylation sites is 1. The van der Waals surface area contributed by atoms with E-state index < -0.39 is 0 Å². The first kappa shape index (κ1) is 23.1. The second kappa shape index (κ2) is 10.6. The minimum absolute atomic E-state index is 0.154. The number of allylic oxidation sites excluding steroid dienone is 2. The summed E-state index contributed by atoms with van der Waals surface area (Å²) in [6.45, 7) is 8.11. The number of anilines is 2. The molecule has 0 fully saturated rings. The second-order valence-electron chi connectivity index (χ2n) is 7.68. The van der Waals surface area contributed by atoms with Gasteiger partial charge in [-0.2, -0.15) is 0 Å². The summed E-state index contributed by atoms with van der Waals surface area (Å²) in [5.74, 6) is -0.455. The number of carbonyl (C=O) groups excluding carboxylic acids is 1. The minimum atomic E-state index is -0.302. The Kier molecular flexibility index (Phi) is 7.66. The zero-order chi connectivity index (χ0) is 23.1. The van der Waals surface area contributed by atoms with Crippen LogP contribution in [0.3, 0.4) is 0 Å². The lowest BCUT2D eigenvalue weighted by Crippen LogP contribution is -2.13. The van der Waals surface area contributed by atoms with Gasteiger partial charge in [0, 0.05) is 28.2 Å². The molecule has 5 heteroatoms. The monoisotopic (exact) mass is 431 g/mol. The van der Waals surface area contributed by atoms with E-state index in [0.29, 0.717) is 11.3 Å². The molecule has 0 aliphatic rings. The Morgan fingerprint density at radius 2 is 1.72 bits per heavy atom. The van der Waals surface area contributed by atoms with Crippen LogP contribution in [-0.2, 0) is 6.42 Å². The molecule has 0 saturated carbocycles. The number of halogens is 1. The highest BCUT2D eigenvalue weighted by Crippen LogP contribution is 2.28. The lowest BCUT2D eigenvalue weighted by molar-refractivity contribution is 0.102. The number of nitrogens with one attached hydrogen (secondary N) is 3. The average Bonchev–Trinajstić information content (AvgIpc) is 3.11. The molecule has 0 atom stereocenters. The molecule has 0 aliphatic carbocycles. The Bertz CT molecular complexity index is 1140. The molecule has 0 bridgehead atoms. The van der Waals surface area contributed by atoms with Gasteiger partial charge in [-0.1, -0.05) is 49.8 Å². The summed E-state index contributed by atoms with van der Waals surface area (Å²) < 4.78 is 14.2. The Balaban J connectivity index is 1.95. The zero-order valence-electron chi connectivity index (χ0n) is 19.1.